The highest BCUT2D eigenvalue weighted by Crippen LogP contribution is 2.21. The van der Waals surface area contributed by atoms with Crippen molar-refractivity contribution in [3.8, 4) is 0 Å². The summed E-state index contributed by atoms with van der Waals surface area (Å²) in [5.74, 6) is -0.181. The van der Waals surface area contributed by atoms with Gasteiger partial charge in [0.2, 0.25) is 0 Å². The van der Waals surface area contributed by atoms with Gasteiger partial charge in [-0.05, 0) is 28.5 Å². The van der Waals surface area contributed by atoms with Gasteiger partial charge in [-0.3, -0.25) is 0 Å². The van der Waals surface area contributed by atoms with E-state index in [-0.39, 0.29) is 5.82 Å². The van der Waals surface area contributed by atoms with E-state index in [1.165, 1.54) is 11.6 Å². The molecule has 66 valence electrons. The second-order valence-electron chi connectivity index (χ2n) is 2.92. The summed E-state index contributed by atoms with van der Waals surface area (Å²) in [6, 6.07) is 10.8. The fourth-order valence-electron chi connectivity index (χ4n) is 1.44. The first-order valence-corrected chi connectivity index (χ1v) is 5.16. The highest BCUT2D eigenvalue weighted by Gasteiger charge is 1.99. The van der Waals surface area contributed by atoms with Gasteiger partial charge in [-0.15, -0.1) is 0 Å². The van der Waals surface area contributed by atoms with Gasteiger partial charge in [-0.25, -0.2) is 4.39 Å². The van der Waals surface area contributed by atoms with Crippen LogP contribution >= 0.6 is 15.9 Å². The van der Waals surface area contributed by atoms with Crippen LogP contribution in [-0.4, -0.2) is 0 Å². The maximum atomic E-state index is 12.9. The highest BCUT2D eigenvalue weighted by molar-refractivity contribution is 9.08. The summed E-state index contributed by atoms with van der Waals surface area (Å²) in [7, 11) is 0. The summed E-state index contributed by atoms with van der Waals surface area (Å²) in [6.45, 7) is 0. The van der Waals surface area contributed by atoms with E-state index in [2.05, 4.69) is 15.9 Å². The van der Waals surface area contributed by atoms with Crippen molar-refractivity contribution in [3.63, 3.8) is 0 Å². The molecule has 0 bridgehead atoms. The van der Waals surface area contributed by atoms with Crippen LogP contribution in [0.25, 0.3) is 10.8 Å². The lowest BCUT2D eigenvalue weighted by Crippen LogP contribution is -1.82. The summed E-state index contributed by atoms with van der Waals surface area (Å²) < 4.78 is 12.9. The van der Waals surface area contributed by atoms with Crippen molar-refractivity contribution in [2.24, 2.45) is 0 Å². The molecule has 0 fully saturated rings. The lowest BCUT2D eigenvalue weighted by Gasteiger charge is -2.02. The van der Waals surface area contributed by atoms with Gasteiger partial charge in [0.05, 0.1) is 0 Å². The molecule has 0 N–H and O–H groups in total. The average Bonchev–Trinajstić information content (AvgIpc) is 2.16. The lowest BCUT2D eigenvalue weighted by molar-refractivity contribution is 0.629. The van der Waals surface area contributed by atoms with E-state index in [1.807, 2.05) is 24.3 Å². The Morgan fingerprint density at radius 2 is 2.00 bits per heavy atom. The molecule has 0 heterocycles. The number of fused-ring (bicyclic) bond motifs is 1. The Morgan fingerprint density at radius 3 is 2.77 bits per heavy atom. The molecule has 2 rings (SSSR count). The first-order chi connectivity index (χ1) is 6.31. The Bertz CT molecular complexity index is 437. The topological polar surface area (TPSA) is 0 Å². The maximum absolute atomic E-state index is 12.9. The molecule has 0 aromatic heterocycles. The standard InChI is InChI=1S/C11H8BrF/c12-7-9-3-1-2-8-6-10(13)4-5-11(8)9/h1-6H,7H2. The van der Waals surface area contributed by atoms with Crippen molar-refractivity contribution < 1.29 is 4.39 Å². The molecule has 0 aliphatic heterocycles. The number of hydrogen-bond acceptors (Lipinski definition) is 0. The molecule has 0 amide bonds. The van der Waals surface area contributed by atoms with E-state index in [4.69, 9.17) is 0 Å². The van der Waals surface area contributed by atoms with E-state index in [0.717, 1.165) is 16.1 Å². The third kappa shape index (κ3) is 1.59. The molecule has 0 radical (unpaired) electrons. The molecule has 2 aromatic carbocycles. The monoisotopic (exact) mass is 238 g/mol. The average molecular weight is 239 g/mol. The third-order valence-electron chi connectivity index (χ3n) is 2.08. The molecule has 13 heavy (non-hydrogen) atoms. The van der Waals surface area contributed by atoms with Crippen molar-refractivity contribution in [1.29, 1.82) is 0 Å². The number of halogens is 2. The molecule has 0 aliphatic rings. The zero-order chi connectivity index (χ0) is 9.26. The van der Waals surface area contributed by atoms with Crippen LogP contribution in [0.5, 0.6) is 0 Å². The van der Waals surface area contributed by atoms with Gasteiger partial charge in [0.15, 0.2) is 0 Å². The fourth-order valence-corrected chi connectivity index (χ4v) is 1.93. The highest BCUT2D eigenvalue weighted by atomic mass is 79.9. The summed E-state index contributed by atoms with van der Waals surface area (Å²) in [5.41, 5.74) is 1.19. The van der Waals surface area contributed by atoms with E-state index >= 15 is 0 Å². The summed E-state index contributed by atoms with van der Waals surface area (Å²) in [6.07, 6.45) is 0. The van der Waals surface area contributed by atoms with Crippen molar-refractivity contribution >= 4 is 26.7 Å². The minimum atomic E-state index is -0.181. The smallest absolute Gasteiger partial charge is 0.123 e. The number of hydrogen-bond donors (Lipinski definition) is 0. The minimum absolute atomic E-state index is 0.181. The van der Waals surface area contributed by atoms with Crippen LogP contribution in [0.2, 0.25) is 0 Å². The first-order valence-electron chi connectivity index (χ1n) is 4.04. The zero-order valence-electron chi connectivity index (χ0n) is 6.93. The Hall–Kier alpha value is -0.890. The third-order valence-corrected chi connectivity index (χ3v) is 2.68. The second-order valence-corrected chi connectivity index (χ2v) is 3.48. The summed E-state index contributed by atoms with van der Waals surface area (Å²) in [4.78, 5) is 0. The van der Waals surface area contributed by atoms with Gasteiger partial charge >= 0.3 is 0 Å². The SMILES string of the molecule is Fc1ccc2c(CBr)cccc2c1. The first kappa shape index (κ1) is 8.70. The molecule has 2 aromatic rings. The lowest BCUT2D eigenvalue weighted by atomic mass is 10.1. The second kappa shape index (κ2) is 3.46. The van der Waals surface area contributed by atoms with Crippen molar-refractivity contribution in [2.75, 3.05) is 0 Å². The van der Waals surface area contributed by atoms with E-state index in [0.29, 0.717) is 0 Å². The van der Waals surface area contributed by atoms with E-state index in [9.17, 15) is 4.39 Å². The van der Waals surface area contributed by atoms with Crippen LogP contribution in [0.3, 0.4) is 0 Å². The number of alkyl halides is 1. The molecule has 0 saturated carbocycles. The Labute approximate surface area is 84.5 Å². The van der Waals surface area contributed by atoms with Crippen LogP contribution in [0.15, 0.2) is 36.4 Å². The van der Waals surface area contributed by atoms with Gasteiger partial charge in [0.1, 0.15) is 5.82 Å². The van der Waals surface area contributed by atoms with Gasteiger partial charge in [0.25, 0.3) is 0 Å². The molecule has 0 atom stereocenters. The predicted octanol–water partition coefficient (Wildman–Crippen LogP) is 3.87. The molecule has 0 spiro atoms. The van der Waals surface area contributed by atoms with Crippen LogP contribution in [0.1, 0.15) is 5.56 Å². The van der Waals surface area contributed by atoms with Gasteiger partial charge in [-0.2, -0.15) is 0 Å². The Balaban J connectivity index is 2.77. The number of benzene rings is 2. The van der Waals surface area contributed by atoms with Crippen molar-refractivity contribution in [3.05, 3.63) is 47.8 Å². The van der Waals surface area contributed by atoms with Crippen molar-refractivity contribution in [2.45, 2.75) is 5.33 Å². The van der Waals surface area contributed by atoms with E-state index < -0.39 is 0 Å². The van der Waals surface area contributed by atoms with Crippen LogP contribution < -0.4 is 0 Å². The van der Waals surface area contributed by atoms with Gasteiger partial charge < -0.3 is 0 Å². The van der Waals surface area contributed by atoms with Crippen LogP contribution in [-0.2, 0) is 5.33 Å². The Morgan fingerprint density at radius 1 is 1.15 bits per heavy atom. The van der Waals surface area contributed by atoms with Gasteiger partial charge in [-0.1, -0.05) is 40.2 Å². The predicted molar refractivity (Wildman–Crippen MR) is 56.5 cm³/mol. The molecule has 0 nitrogen and oxygen atoms in total. The largest absolute Gasteiger partial charge is 0.207 e. The Kier molecular flexibility index (Phi) is 2.32. The van der Waals surface area contributed by atoms with Crippen LogP contribution in [0.4, 0.5) is 4.39 Å². The molecule has 0 saturated heterocycles. The quantitative estimate of drug-likeness (QED) is 0.662. The molecular weight excluding hydrogens is 231 g/mol. The molecule has 0 unspecified atom stereocenters. The maximum Gasteiger partial charge on any atom is 0.123 e. The van der Waals surface area contributed by atoms with Crippen molar-refractivity contribution in [1.82, 2.24) is 0 Å². The normalized spacial score (nSPS) is 10.6. The molecular formula is C11H8BrF. The van der Waals surface area contributed by atoms with E-state index in [1.54, 1.807) is 6.07 Å². The van der Waals surface area contributed by atoms with Gasteiger partial charge in [0, 0.05) is 5.33 Å². The zero-order valence-corrected chi connectivity index (χ0v) is 8.51. The fraction of sp³-hybridized carbons (Fsp3) is 0.0909. The molecule has 0 aliphatic carbocycles. The number of rotatable bonds is 1. The van der Waals surface area contributed by atoms with Crippen LogP contribution in [0, 0.1) is 5.82 Å². The minimum Gasteiger partial charge on any atom is -0.207 e. The summed E-state index contributed by atoms with van der Waals surface area (Å²) >= 11 is 3.40. The summed E-state index contributed by atoms with van der Waals surface area (Å²) in [5, 5.41) is 2.87. The molecule has 2 heteroatoms.